The molecule has 0 atom stereocenters. The smallest absolute Gasteiger partial charge is 0.200 e. The van der Waals surface area contributed by atoms with Crippen molar-refractivity contribution in [1.29, 1.82) is 0 Å². The van der Waals surface area contributed by atoms with Crippen molar-refractivity contribution in [2.75, 3.05) is 6.61 Å². The van der Waals surface area contributed by atoms with Crippen molar-refractivity contribution >= 4 is 0 Å². The molecule has 0 heterocycles. The van der Waals surface area contributed by atoms with E-state index in [0.717, 1.165) is 25.7 Å². The third-order valence-corrected chi connectivity index (χ3v) is 3.73. The minimum atomic E-state index is -0.501. The van der Waals surface area contributed by atoms with Crippen molar-refractivity contribution in [3.05, 3.63) is 17.7 Å². The van der Waals surface area contributed by atoms with E-state index in [2.05, 4.69) is 5.32 Å². The molecule has 0 spiro atoms. The van der Waals surface area contributed by atoms with Crippen LogP contribution in [0, 0.1) is 0 Å². The lowest BCUT2D eigenvalue weighted by atomic mass is 9.98. The molecule has 1 aliphatic carbocycles. The van der Waals surface area contributed by atoms with Crippen molar-refractivity contribution in [2.45, 2.75) is 37.8 Å². The zero-order chi connectivity index (χ0) is 13.2. The van der Waals surface area contributed by atoms with Gasteiger partial charge in [0.05, 0.1) is 6.61 Å². The van der Waals surface area contributed by atoms with E-state index >= 15 is 0 Å². The van der Waals surface area contributed by atoms with Crippen LogP contribution in [0.1, 0.15) is 31.2 Å². The van der Waals surface area contributed by atoms with Crippen LogP contribution in [-0.2, 0) is 6.54 Å². The van der Waals surface area contributed by atoms with Gasteiger partial charge in [-0.1, -0.05) is 18.9 Å². The molecule has 0 radical (unpaired) electrons. The first-order valence-corrected chi connectivity index (χ1v) is 6.17. The monoisotopic (exact) mass is 253 g/mol. The molecule has 0 saturated heterocycles. The molecule has 0 amide bonds. The first kappa shape index (κ1) is 13.0. The first-order valence-electron chi connectivity index (χ1n) is 6.17. The molecule has 5 heteroatoms. The van der Waals surface area contributed by atoms with Crippen LogP contribution in [0.3, 0.4) is 0 Å². The fraction of sp³-hybridized carbons (Fsp3) is 0.538. The molecule has 0 bridgehead atoms. The molecule has 2 rings (SSSR count). The number of rotatable bonds is 4. The topological polar surface area (TPSA) is 93.0 Å². The third kappa shape index (κ3) is 2.37. The fourth-order valence-electron chi connectivity index (χ4n) is 2.48. The molecule has 1 aromatic rings. The molecule has 0 aliphatic heterocycles. The van der Waals surface area contributed by atoms with Crippen LogP contribution in [0.4, 0.5) is 0 Å². The van der Waals surface area contributed by atoms with E-state index in [1.807, 2.05) is 0 Å². The third-order valence-electron chi connectivity index (χ3n) is 3.73. The van der Waals surface area contributed by atoms with Gasteiger partial charge in [0.25, 0.3) is 0 Å². The number of nitrogens with one attached hydrogen (secondary N) is 1. The number of benzene rings is 1. The maximum atomic E-state index is 9.70. The van der Waals surface area contributed by atoms with Gasteiger partial charge in [0.2, 0.25) is 5.75 Å². The van der Waals surface area contributed by atoms with Crippen LogP contribution in [0.25, 0.3) is 0 Å². The summed E-state index contributed by atoms with van der Waals surface area (Å²) in [5.41, 5.74) is 0.227. The predicted octanol–water partition coefficient (Wildman–Crippen LogP) is 1.20. The molecule has 18 heavy (non-hydrogen) atoms. The molecule has 1 saturated carbocycles. The lowest BCUT2D eigenvalue weighted by Gasteiger charge is -2.28. The molecule has 1 fully saturated rings. The first-order chi connectivity index (χ1) is 8.58. The van der Waals surface area contributed by atoms with Gasteiger partial charge in [-0.15, -0.1) is 0 Å². The highest BCUT2D eigenvalue weighted by Crippen LogP contribution is 2.37. The Hall–Kier alpha value is -1.46. The quantitative estimate of drug-likeness (QED) is 0.520. The van der Waals surface area contributed by atoms with Crippen molar-refractivity contribution in [3.63, 3.8) is 0 Å². The summed E-state index contributed by atoms with van der Waals surface area (Å²) in [5, 5.41) is 41.0. The Morgan fingerprint density at radius 2 is 1.72 bits per heavy atom. The Kier molecular flexibility index (Phi) is 3.63. The average molecular weight is 253 g/mol. The van der Waals surface area contributed by atoms with Crippen molar-refractivity contribution in [1.82, 2.24) is 5.32 Å². The highest BCUT2D eigenvalue weighted by Gasteiger charge is 2.32. The zero-order valence-corrected chi connectivity index (χ0v) is 10.2. The molecule has 1 aromatic carbocycles. The zero-order valence-electron chi connectivity index (χ0n) is 10.2. The number of hydrogen-bond acceptors (Lipinski definition) is 5. The maximum Gasteiger partial charge on any atom is 0.200 e. The van der Waals surface area contributed by atoms with Gasteiger partial charge in [0.1, 0.15) is 0 Å². The van der Waals surface area contributed by atoms with Crippen LogP contribution in [-0.4, -0.2) is 32.6 Å². The number of aliphatic hydroxyl groups excluding tert-OH is 1. The van der Waals surface area contributed by atoms with Gasteiger partial charge in [-0.25, -0.2) is 0 Å². The van der Waals surface area contributed by atoms with E-state index < -0.39 is 5.75 Å². The van der Waals surface area contributed by atoms with E-state index in [0.29, 0.717) is 12.1 Å². The summed E-state index contributed by atoms with van der Waals surface area (Å²) < 4.78 is 0. The second kappa shape index (κ2) is 5.04. The van der Waals surface area contributed by atoms with E-state index in [-0.39, 0.29) is 23.6 Å². The van der Waals surface area contributed by atoms with E-state index in [4.69, 9.17) is 0 Å². The van der Waals surface area contributed by atoms with Crippen LogP contribution >= 0.6 is 0 Å². The number of phenolic OH excluding ortho intramolecular Hbond substituents is 3. The summed E-state index contributed by atoms with van der Waals surface area (Å²) in [7, 11) is 0. The van der Waals surface area contributed by atoms with Gasteiger partial charge in [-0.2, -0.15) is 0 Å². The van der Waals surface area contributed by atoms with Gasteiger partial charge >= 0.3 is 0 Å². The number of hydrogen-bond donors (Lipinski definition) is 5. The molecule has 0 unspecified atom stereocenters. The Morgan fingerprint density at radius 1 is 1.06 bits per heavy atom. The molecule has 0 aromatic heterocycles. The molecular formula is C13H19NO4. The van der Waals surface area contributed by atoms with Crippen LogP contribution < -0.4 is 5.32 Å². The summed E-state index contributed by atoms with van der Waals surface area (Å²) in [6, 6.07) is 2.89. The normalized spacial score (nSPS) is 18.1. The molecule has 100 valence electrons. The minimum Gasteiger partial charge on any atom is -0.504 e. The van der Waals surface area contributed by atoms with Crippen molar-refractivity contribution < 1.29 is 20.4 Å². The SMILES string of the molecule is OCC1(NCc2ccc(O)c(O)c2O)CCCC1. The van der Waals surface area contributed by atoms with Gasteiger partial charge < -0.3 is 25.7 Å². The van der Waals surface area contributed by atoms with Gasteiger partial charge in [-0.05, 0) is 18.9 Å². The average Bonchev–Trinajstić information content (AvgIpc) is 2.85. The van der Waals surface area contributed by atoms with Gasteiger partial charge in [0, 0.05) is 17.6 Å². The van der Waals surface area contributed by atoms with Crippen LogP contribution in [0.5, 0.6) is 17.2 Å². The minimum absolute atomic E-state index is 0.0673. The molecule has 5 nitrogen and oxygen atoms in total. The Labute approximate surface area is 106 Å². The van der Waals surface area contributed by atoms with Crippen LogP contribution in [0.2, 0.25) is 0 Å². The van der Waals surface area contributed by atoms with E-state index in [1.54, 1.807) is 6.07 Å². The number of aromatic hydroxyl groups is 3. The lowest BCUT2D eigenvalue weighted by molar-refractivity contribution is 0.162. The summed E-state index contributed by atoms with van der Waals surface area (Å²) in [4.78, 5) is 0. The Bertz CT molecular complexity index is 427. The summed E-state index contributed by atoms with van der Waals surface area (Å²) in [6.07, 6.45) is 3.99. The van der Waals surface area contributed by atoms with Gasteiger partial charge in [-0.3, -0.25) is 0 Å². The van der Waals surface area contributed by atoms with Crippen molar-refractivity contribution in [2.24, 2.45) is 0 Å². The van der Waals surface area contributed by atoms with Gasteiger partial charge in [0.15, 0.2) is 11.5 Å². The predicted molar refractivity (Wildman–Crippen MR) is 66.6 cm³/mol. The summed E-state index contributed by atoms with van der Waals surface area (Å²) >= 11 is 0. The van der Waals surface area contributed by atoms with E-state index in [9.17, 15) is 20.4 Å². The molecule has 1 aliphatic rings. The molecular weight excluding hydrogens is 234 g/mol. The summed E-state index contributed by atoms with van der Waals surface area (Å²) in [5.74, 6) is -1.15. The Morgan fingerprint density at radius 3 is 2.33 bits per heavy atom. The highest BCUT2D eigenvalue weighted by molar-refractivity contribution is 5.53. The van der Waals surface area contributed by atoms with Crippen molar-refractivity contribution in [3.8, 4) is 17.2 Å². The van der Waals surface area contributed by atoms with Crippen LogP contribution in [0.15, 0.2) is 12.1 Å². The fourth-order valence-corrected chi connectivity index (χ4v) is 2.48. The van der Waals surface area contributed by atoms with E-state index in [1.165, 1.54) is 6.07 Å². The largest absolute Gasteiger partial charge is 0.504 e. The number of aliphatic hydroxyl groups is 1. The standard InChI is InChI=1S/C13H19NO4/c15-8-13(5-1-2-6-13)14-7-9-3-4-10(16)12(18)11(9)17/h3-4,14-18H,1-2,5-8H2. The Balaban J connectivity index is 2.08. The maximum absolute atomic E-state index is 9.70. The molecule has 5 N–H and O–H groups in total. The number of phenols is 3. The lowest BCUT2D eigenvalue weighted by Crippen LogP contribution is -2.45. The second-order valence-corrected chi connectivity index (χ2v) is 4.94. The highest BCUT2D eigenvalue weighted by atomic mass is 16.3. The second-order valence-electron chi connectivity index (χ2n) is 4.94. The summed E-state index contributed by atoms with van der Waals surface area (Å²) in [6.45, 7) is 0.415.